The summed E-state index contributed by atoms with van der Waals surface area (Å²) < 4.78 is 14.5. The highest BCUT2D eigenvalue weighted by Crippen LogP contribution is 2.23. The molecule has 0 fully saturated rings. The van der Waals surface area contributed by atoms with Gasteiger partial charge in [-0.2, -0.15) is 0 Å². The third-order valence-corrected chi connectivity index (χ3v) is 4.40. The summed E-state index contributed by atoms with van der Waals surface area (Å²) in [7, 11) is 0. The van der Waals surface area contributed by atoms with E-state index in [0.717, 1.165) is 47.8 Å². The topological polar surface area (TPSA) is 0 Å². The number of fused-ring (bicyclic) bond motifs is 1. The largest absolute Gasteiger partial charge is 0.206 e. The Morgan fingerprint density at radius 1 is 0.760 bits per heavy atom. The normalized spacial score (nSPS) is 10.5. The Kier molecular flexibility index (Phi) is 5.51. The minimum absolute atomic E-state index is 0.0922. The van der Waals surface area contributed by atoms with E-state index in [2.05, 4.69) is 50.0 Å². The molecule has 0 saturated carbocycles. The molecule has 126 valence electrons. The lowest BCUT2D eigenvalue weighted by molar-refractivity contribution is 0.619. The van der Waals surface area contributed by atoms with Crippen LogP contribution >= 0.6 is 0 Å². The average Bonchev–Trinajstić information content (AvgIpc) is 2.64. The van der Waals surface area contributed by atoms with Crippen molar-refractivity contribution in [1.82, 2.24) is 0 Å². The van der Waals surface area contributed by atoms with Gasteiger partial charge in [0.2, 0.25) is 0 Å². The summed E-state index contributed by atoms with van der Waals surface area (Å²) in [6.07, 6.45) is 3.98. The summed E-state index contributed by atoms with van der Waals surface area (Å²) in [5.41, 5.74) is 4.05. The molecule has 0 saturated heterocycles. The number of aryl methyl sites for hydroxylation is 2. The van der Waals surface area contributed by atoms with Crippen LogP contribution in [0.25, 0.3) is 10.8 Å². The zero-order chi connectivity index (χ0) is 17.6. The molecule has 3 aromatic rings. The van der Waals surface area contributed by atoms with Gasteiger partial charge in [0.15, 0.2) is 0 Å². The molecule has 0 spiro atoms. The summed E-state index contributed by atoms with van der Waals surface area (Å²) in [5, 5.41) is 1.59. The van der Waals surface area contributed by atoms with Crippen molar-refractivity contribution >= 4 is 10.8 Å². The van der Waals surface area contributed by atoms with E-state index in [4.69, 9.17) is 0 Å². The van der Waals surface area contributed by atoms with Crippen LogP contribution in [-0.4, -0.2) is 0 Å². The molecule has 0 radical (unpaired) electrons. The Morgan fingerprint density at radius 3 is 2.16 bits per heavy atom. The summed E-state index contributed by atoms with van der Waals surface area (Å²) >= 11 is 0. The van der Waals surface area contributed by atoms with E-state index in [0.29, 0.717) is 5.39 Å². The first-order valence-electron chi connectivity index (χ1n) is 9.03. The predicted molar refractivity (Wildman–Crippen MR) is 104 cm³/mol. The molecule has 3 rings (SSSR count). The molecule has 0 amide bonds. The molecule has 0 heterocycles. The van der Waals surface area contributed by atoms with Crippen molar-refractivity contribution in [2.24, 2.45) is 0 Å². The summed E-state index contributed by atoms with van der Waals surface area (Å²) in [6, 6.07) is 18.0. The molecule has 25 heavy (non-hydrogen) atoms. The fraction of sp³-hybridized carbons (Fsp3) is 0.250. The maximum atomic E-state index is 14.5. The number of benzene rings is 3. The fourth-order valence-corrected chi connectivity index (χ4v) is 3.06. The van der Waals surface area contributed by atoms with Crippen LogP contribution in [0.2, 0.25) is 0 Å². The van der Waals surface area contributed by atoms with E-state index >= 15 is 0 Å². The van der Waals surface area contributed by atoms with Crippen molar-refractivity contribution < 1.29 is 4.39 Å². The lowest BCUT2D eigenvalue weighted by Crippen LogP contribution is -1.91. The van der Waals surface area contributed by atoms with E-state index < -0.39 is 0 Å². The van der Waals surface area contributed by atoms with Gasteiger partial charge < -0.3 is 0 Å². The molecular weight excluding hydrogens is 307 g/mol. The van der Waals surface area contributed by atoms with E-state index in [-0.39, 0.29) is 5.82 Å². The van der Waals surface area contributed by atoms with Crippen molar-refractivity contribution in [2.45, 2.75) is 39.5 Å². The van der Waals surface area contributed by atoms with Gasteiger partial charge in [-0.3, -0.25) is 0 Å². The van der Waals surface area contributed by atoms with E-state index in [1.807, 2.05) is 30.3 Å². The number of halogens is 1. The summed E-state index contributed by atoms with van der Waals surface area (Å²) in [5.74, 6) is 6.30. The molecular formula is C24H23F. The first-order valence-corrected chi connectivity index (χ1v) is 9.03. The Hall–Kier alpha value is -2.59. The van der Waals surface area contributed by atoms with Gasteiger partial charge in [0.05, 0.1) is 0 Å². The van der Waals surface area contributed by atoms with Gasteiger partial charge in [0.1, 0.15) is 5.82 Å². The van der Waals surface area contributed by atoms with Gasteiger partial charge in [-0.1, -0.05) is 68.9 Å². The van der Waals surface area contributed by atoms with Crippen molar-refractivity contribution in [3.63, 3.8) is 0 Å². The highest BCUT2D eigenvalue weighted by molar-refractivity contribution is 5.85. The molecule has 0 bridgehead atoms. The Balaban J connectivity index is 1.86. The van der Waals surface area contributed by atoms with Crippen LogP contribution in [0.4, 0.5) is 4.39 Å². The standard InChI is InChI=1S/C24H23F/c1-3-5-18-7-9-19(10-8-18)11-12-20-13-16-23-22(17-20)15-14-21(6-4-2)24(23)25/h7-10,13-17H,3-6H2,1-2H3. The quantitative estimate of drug-likeness (QED) is 0.494. The van der Waals surface area contributed by atoms with Crippen LogP contribution < -0.4 is 0 Å². The minimum atomic E-state index is -0.0922. The SMILES string of the molecule is CCCc1ccc(C#Cc2ccc3c(F)c(CCC)ccc3c2)cc1. The Bertz CT molecular complexity index is 924. The van der Waals surface area contributed by atoms with Crippen molar-refractivity contribution in [3.8, 4) is 11.8 Å². The highest BCUT2D eigenvalue weighted by Gasteiger charge is 2.06. The van der Waals surface area contributed by atoms with Crippen LogP contribution in [0.1, 0.15) is 48.9 Å². The van der Waals surface area contributed by atoms with Crippen LogP contribution in [0, 0.1) is 17.7 Å². The second kappa shape index (κ2) is 7.99. The molecule has 0 aliphatic carbocycles. The lowest BCUT2D eigenvalue weighted by Gasteiger charge is -2.06. The monoisotopic (exact) mass is 330 g/mol. The highest BCUT2D eigenvalue weighted by atomic mass is 19.1. The van der Waals surface area contributed by atoms with Gasteiger partial charge >= 0.3 is 0 Å². The second-order valence-electron chi connectivity index (χ2n) is 6.42. The van der Waals surface area contributed by atoms with Crippen molar-refractivity contribution in [3.05, 3.63) is 82.7 Å². The molecule has 0 unspecified atom stereocenters. The van der Waals surface area contributed by atoms with Crippen LogP contribution in [-0.2, 0) is 12.8 Å². The van der Waals surface area contributed by atoms with Crippen LogP contribution in [0.5, 0.6) is 0 Å². The smallest absolute Gasteiger partial charge is 0.134 e. The molecule has 0 aromatic heterocycles. The molecule has 1 heteroatoms. The van der Waals surface area contributed by atoms with Gasteiger partial charge in [-0.15, -0.1) is 0 Å². The minimum Gasteiger partial charge on any atom is -0.206 e. The van der Waals surface area contributed by atoms with Gasteiger partial charge in [0.25, 0.3) is 0 Å². The third kappa shape index (κ3) is 4.09. The fourth-order valence-electron chi connectivity index (χ4n) is 3.06. The zero-order valence-corrected chi connectivity index (χ0v) is 14.9. The summed E-state index contributed by atoms with van der Waals surface area (Å²) in [6.45, 7) is 4.25. The predicted octanol–water partition coefficient (Wildman–Crippen LogP) is 6.28. The van der Waals surface area contributed by atoms with Gasteiger partial charge in [0, 0.05) is 16.5 Å². The van der Waals surface area contributed by atoms with Gasteiger partial charge in [-0.25, -0.2) is 4.39 Å². The maximum absolute atomic E-state index is 14.5. The first kappa shape index (κ1) is 17.2. The zero-order valence-electron chi connectivity index (χ0n) is 14.9. The summed E-state index contributed by atoms with van der Waals surface area (Å²) in [4.78, 5) is 0. The van der Waals surface area contributed by atoms with E-state index in [1.165, 1.54) is 5.56 Å². The third-order valence-electron chi connectivity index (χ3n) is 4.40. The molecule has 3 aromatic carbocycles. The first-order chi connectivity index (χ1) is 12.2. The van der Waals surface area contributed by atoms with E-state index in [1.54, 1.807) is 0 Å². The molecule has 0 N–H and O–H groups in total. The van der Waals surface area contributed by atoms with Crippen LogP contribution in [0.15, 0.2) is 54.6 Å². The second-order valence-corrected chi connectivity index (χ2v) is 6.42. The number of rotatable bonds is 4. The Labute approximate surface area is 149 Å². The molecule has 0 aliphatic rings. The molecule has 0 nitrogen and oxygen atoms in total. The molecule has 0 atom stereocenters. The maximum Gasteiger partial charge on any atom is 0.134 e. The van der Waals surface area contributed by atoms with Crippen molar-refractivity contribution in [1.29, 1.82) is 0 Å². The van der Waals surface area contributed by atoms with E-state index in [9.17, 15) is 4.39 Å². The lowest BCUT2D eigenvalue weighted by atomic mass is 10.0. The molecule has 0 aliphatic heterocycles. The van der Waals surface area contributed by atoms with Crippen molar-refractivity contribution in [2.75, 3.05) is 0 Å². The Morgan fingerprint density at radius 2 is 1.44 bits per heavy atom. The number of hydrogen-bond donors (Lipinski definition) is 0. The average molecular weight is 330 g/mol. The van der Waals surface area contributed by atoms with Crippen LogP contribution in [0.3, 0.4) is 0 Å². The van der Waals surface area contributed by atoms with Gasteiger partial charge in [-0.05, 0) is 53.6 Å². The number of hydrogen-bond acceptors (Lipinski definition) is 0.